The molecule has 0 aliphatic heterocycles. The first kappa shape index (κ1) is 17.4. The number of carbonyl (C=O) groups is 1. The summed E-state index contributed by atoms with van der Waals surface area (Å²) in [4.78, 5) is 15.6. The fourth-order valence-electron chi connectivity index (χ4n) is 2.80. The van der Waals surface area contributed by atoms with Crippen LogP contribution in [0, 0.1) is 0 Å². The van der Waals surface area contributed by atoms with E-state index in [4.69, 9.17) is 0 Å². The van der Waals surface area contributed by atoms with Crippen LogP contribution in [0.2, 0.25) is 0 Å². The summed E-state index contributed by atoms with van der Waals surface area (Å²) in [5.74, 6) is -0.217. The van der Waals surface area contributed by atoms with E-state index in [0.29, 0.717) is 10.8 Å². The molecule has 8 heteroatoms. The molecule has 1 heterocycles. The van der Waals surface area contributed by atoms with Crippen molar-refractivity contribution in [1.82, 2.24) is 4.98 Å². The van der Waals surface area contributed by atoms with E-state index in [1.807, 2.05) is 36.4 Å². The molecule has 0 unspecified atom stereocenters. The van der Waals surface area contributed by atoms with E-state index >= 15 is 0 Å². The molecule has 0 fully saturated rings. The number of amides is 1. The van der Waals surface area contributed by atoms with E-state index in [1.165, 1.54) is 30.4 Å². The van der Waals surface area contributed by atoms with Crippen molar-refractivity contribution in [2.45, 2.75) is 11.8 Å². The molecular formula is C19H15N3O3S2. The topological polar surface area (TPSA) is 88.2 Å². The number of thiazole rings is 1. The number of sulfonamides is 1. The molecule has 6 nitrogen and oxygen atoms in total. The molecule has 0 aliphatic rings. The summed E-state index contributed by atoms with van der Waals surface area (Å²) in [6, 6.07) is 17.8. The lowest BCUT2D eigenvalue weighted by Crippen LogP contribution is -2.13. The van der Waals surface area contributed by atoms with Crippen molar-refractivity contribution < 1.29 is 13.2 Å². The summed E-state index contributed by atoms with van der Waals surface area (Å²) in [6.45, 7) is 1.39. The molecule has 4 aromatic rings. The number of hydrogen-bond acceptors (Lipinski definition) is 5. The van der Waals surface area contributed by atoms with Crippen LogP contribution in [0.1, 0.15) is 6.92 Å². The number of anilines is 2. The van der Waals surface area contributed by atoms with Gasteiger partial charge in [0, 0.05) is 18.0 Å². The molecule has 136 valence electrons. The minimum atomic E-state index is -3.77. The Labute approximate surface area is 159 Å². The molecule has 4 rings (SSSR count). The largest absolute Gasteiger partial charge is 0.326 e. The lowest BCUT2D eigenvalue weighted by atomic mass is 10.1. The summed E-state index contributed by atoms with van der Waals surface area (Å²) in [5, 5.41) is 4.95. The third kappa shape index (κ3) is 3.49. The molecule has 0 radical (unpaired) electrons. The van der Waals surface area contributed by atoms with Crippen LogP contribution in [0.25, 0.3) is 21.0 Å². The van der Waals surface area contributed by atoms with Crippen LogP contribution in [0.3, 0.4) is 0 Å². The highest BCUT2D eigenvalue weighted by Crippen LogP contribution is 2.32. The number of fused-ring (bicyclic) bond motifs is 3. The summed E-state index contributed by atoms with van der Waals surface area (Å²) >= 11 is 1.29. The van der Waals surface area contributed by atoms with Crippen LogP contribution >= 0.6 is 11.3 Å². The van der Waals surface area contributed by atoms with Crippen LogP contribution in [0.4, 0.5) is 10.8 Å². The number of hydrogen-bond donors (Lipinski definition) is 2. The third-order valence-electron chi connectivity index (χ3n) is 3.99. The van der Waals surface area contributed by atoms with Gasteiger partial charge in [-0.25, -0.2) is 13.4 Å². The third-order valence-corrected chi connectivity index (χ3v) is 6.41. The van der Waals surface area contributed by atoms with Gasteiger partial charge in [0.15, 0.2) is 5.13 Å². The van der Waals surface area contributed by atoms with Gasteiger partial charge in [-0.15, -0.1) is 0 Å². The van der Waals surface area contributed by atoms with Crippen molar-refractivity contribution in [3.8, 4) is 0 Å². The van der Waals surface area contributed by atoms with Gasteiger partial charge in [-0.1, -0.05) is 41.7 Å². The predicted octanol–water partition coefficient (Wildman–Crippen LogP) is 4.21. The van der Waals surface area contributed by atoms with E-state index in [-0.39, 0.29) is 10.8 Å². The quantitative estimate of drug-likeness (QED) is 0.540. The van der Waals surface area contributed by atoms with Crippen molar-refractivity contribution in [3.63, 3.8) is 0 Å². The van der Waals surface area contributed by atoms with Crippen LogP contribution in [0.5, 0.6) is 0 Å². The number of aromatic nitrogens is 1. The Morgan fingerprint density at radius 3 is 2.48 bits per heavy atom. The minimum Gasteiger partial charge on any atom is -0.326 e. The number of nitrogens with zero attached hydrogens (tertiary/aromatic N) is 1. The average molecular weight is 397 g/mol. The first-order valence-electron chi connectivity index (χ1n) is 8.11. The summed E-state index contributed by atoms with van der Waals surface area (Å²) in [7, 11) is -3.77. The van der Waals surface area contributed by atoms with Crippen LogP contribution in [-0.2, 0) is 14.8 Å². The molecule has 1 amide bonds. The Morgan fingerprint density at radius 1 is 1.00 bits per heavy atom. The zero-order valence-corrected chi connectivity index (χ0v) is 15.9. The van der Waals surface area contributed by atoms with Crippen molar-refractivity contribution >= 4 is 59.1 Å². The number of carbonyl (C=O) groups excluding carboxylic acids is 1. The maximum absolute atomic E-state index is 12.6. The summed E-state index contributed by atoms with van der Waals surface area (Å²) in [6.07, 6.45) is 0. The second-order valence-corrected chi connectivity index (χ2v) is 8.68. The lowest BCUT2D eigenvalue weighted by molar-refractivity contribution is -0.114. The molecule has 3 aromatic carbocycles. The van der Waals surface area contributed by atoms with E-state index in [9.17, 15) is 13.2 Å². The average Bonchev–Trinajstić information content (AvgIpc) is 3.04. The molecule has 0 saturated heterocycles. The monoisotopic (exact) mass is 397 g/mol. The standard InChI is InChI=1S/C19H15N3O3S2/c1-12(23)20-14-7-9-15(10-8-14)27(24,25)22-19-21-18-16-5-3-2-4-13(16)6-11-17(18)26-19/h2-11H,1H3,(H,20,23)(H,21,22). The highest BCUT2D eigenvalue weighted by molar-refractivity contribution is 7.93. The number of rotatable bonds is 4. The van der Waals surface area contributed by atoms with Gasteiger partial charge >= 0.3 is 0 Å². The maximum atomic E-state index is 12.6. The molecular weight excluding hydrogens is 382 g/mol. The Morgan fingerprint density at radius 2 is 1.74 bits per heavy atom. The van der Waals surface area contributed by atoms with Gasteiger partial charge in [-0.3, -0.25) is 9.52 Å². The van der Waals surface area contributed by atoms with Gasteiger partial charge in [-0.2, -0.15) is 0 Å². The Kier molecular flexibility index (Phi) is 4.29. The second kappa shape index (κ2) is 6.64. The van der Waals surface area contributed by atoms with E-state index < -0.39 is 10.0 Å². The van der Waals surface area contributed by atoms with Gasteiger partial charge < -0.3 is 5.32 Å². The first-order chi connectivity index (χ1) is 12.9. The van der Waals surface area contributed by atoms with Gasteiger partial charge in [0.1, 0.15) is 0 Å². The van der Waals surface area contributed by atoms with E-state index in [2.05, 4.69) is 15.0 Å². The smallest absolute Gasteiger partial charge is 0.263 e. The molecule has 0 aliphatic carbocycles. The normalized spacial score (nSPS) is 11.6. The fraction of sp³-hybridized carbons (Fsp3) is 0.0526. The minimum absolute atomic E-state index is 0.0979. The van der Waals surface area contributed by atoms with Gasteiger partial charge in [0.05, 0.1) is 15.1 Å². The van der Waals surface area contributed by atoms with E-state index in [1.54, 1.807) is 12.1 Å². The van der Waals surface area contributed by atoms with Gasteiger partial charge in [0.25, 0.3) is 10.0 Å². The second-order valence-electron chi connectivity index (χ2n) is 5.96. The Balaban J connectivity index is 1.66. The number of nitrogens with one attached hydrogen (secondary N) is 2. The van der Waals surface area contributed by atoms with E-state index in [0.717, 1.165) is 21.0 Å². The van der Waals surface area contributed by atoms with Crippen molar-refractivity contribution in [2.24, 2.45) is 0 Å². The fourth-order valence-corrected chi connectivity index (χ4v) is 4.92. The van der Waals surface area contributed by atoms with Crippen molar-refractivity contribution in [1.29, 1.82) is 0 Å². The Hall–Kier alpha value is -2.97. The lowest BCUT2D eigenvalue weighted by Gasteiger charge is -2.06. The Bertz CT molecular complexity index is 1260. The molecule has 0 saturated carbocycles. The zero-order valence-electron chi connectivity index (χ0n) is 14.3. The number of benzene rings is 3. The SMILES string of the molecule is CC(=O)Nc1ccc(S(=O)(=O)Nc2nc3c(ccc4ccccc43)s2)cc1. The molecule has 27 heavy (non-hydrogen) atoms. The molecule has 0 bridgehead atoms. The highest BCUT2D eigenvalue weighted by Gasteiger charge is 2.17. The zero-order chi connectivity index (χ0) is 19.0. The van der Waals surface area contributed by atoms with Crippen LogP contribution in [-0.4, -0.2) is 19.3 Å². The maximum Gasteiger partial charge on any atom is 0.263 e. The van der Waals surface area contributed by atoms with Crippen LogP contribution in [0.15, 0.2) is 65.6 Å². The molecule has 1 aromatic heterocycles. The highest BCUT2D eigenvalue weighted by atomic mass is 32.2. The van der Waals surface area contributed by atoms with Gasteiger partial charge in [-0.05, 0) is 35.7 Å². The summed E-state index contributed by atoms with van der Waals surface area (Å²) < 4.78 is 28.7. The van der Waals surface area contributed by atoms with Gasteiger partial charge in [0.2, 0.25) is 5.91 Å². The molecule has 2 N–H and O–H groups in total. The van der Waals surface area contributed by atoms with Crippen molar-refractivity contribution in [2.75, 3.05) is 10.0 Å². The molecule has 0 atom stereocenters. The predicted molar refractivity (Wildman–Crippen MR) is 109 cm³/mol. The summed E-state index contributed by atoms with van der Waals surface area (Å²) in [5.41, 5.74) is 1.31. The van der Waals surface area contributed by atoms with Crippen molar-refractivity contribution in [3.05, 3.63) is 60.7 Å². The first-order valence-corrected chi connectivity index (χ1v) is 10.4. The molecule has 0 spiro atoms. The van der Waals surface area contributed by atoms with Crippen LogP contribution < -0.4 is 10.0 Å².